The van der Waals surface area contributed by atoms with E-state index in [1.54, 1.807) is 0 Å². The monoisotopic (exact) mass is 206 g/mol. The molecule has 0 saturated carbocycles. The molecule has 0 radical (unpaired) electrons. The van der Waals surface area contributed by atoms with E-state index >= 15 is 0 Å². The van der Waals surface area contributed by atoms with Gasteiger partial charge in [-0.25, -0.2) is 0 Å². The Hall–Kier alpha value is -1.04. The van der Waals surface area contributed by atoms with Crippen LogP contribution in [0.5, 0.6) is 0 Å². The highest BCUT2D eigenvalue weighted by atomic mass is 13.9. The van der Waals surface area contributed by atoms with Crippen molar-refractivity contribution in [2.45, 2.75) is 46.5 Å². The third-order valence-corrected chi connectivity index (χ3v) is 1.91. The van der Waals surface area contributed by atoms with E-state index in [0.29, 0.717) is 0 Å². The molecule has 1 aromatic carbocycles. The molecule has 15 heavy (non-hydrogen) atoms. The van der Waals surface area contributed by atoms with Gasteiger partial charge in [0.05, 0.1) is 0 Å². The summed E-state index contributed by atoms with van der Waals surface area (Å²) in [6.45, 7) is 12.2. The number of benzene rings is 1. The molecule has 0 aliphatic heterocycles. The number of hydrogen-bond acceptors (Lipinski definition) is 0. The fourth-order valence-corrected chi connectivity index (χ4v) is 1.22. The quantitative estimate of drug-likeness (QED) is 0.466. The molecule has 1 rings (SSSR count). The van der Waals surface area contributed by atoms with Crippen LogP contribution in [0.1, 0.15) is 45.6 Å². The SMILES string of the molecule is C=C.CC.CCCCCc1ccccc1. The van der Waals surface area contributed by atoms with Crippen molar-refractivity contribution in [1.82, 2.24) is 0 Å². The predicted molar refractivity (Wildman–Crippen MR) is 72.3 cm³/mol. The Kier molecular flexibility index (Phi) is 16.9. The first-order valence-corrected chi connectivity index (χ1v) is 5.97. The second kappa shape index (κ2) is 15.4. The van der Waals surface area contributed by atoms with Crippen molar-refractivity contribution >= 4 is 0 Å². The lowest BCUT2D eigenvalue weighted by atomic mass is 10.1. The van der Waals surface area contributed by atoms with Crippen LogP contribution in [0.4, 0.5) is 0 Å². The van der Waals surface area contributed by atoms with Gasteiger partial charge in [-0.2, -0.15) is 0 Å². The van der Waals surface area contributed by atoms with E-state index < -0.39 is 0 Å². The molecule has 0 nitrogen and oxygen atoms in total. The van der Waals surface area contributed by atoms with Crippen molar-refractivity contribution in [3.8, 4) is 0 Å². The minimum absolute atomic E-state index is 1.24. The third kappa shape index (κ3) is 10.9. The number of hydrogen-bond donors (Lipinski definition) is 0. The summed E-state index contributed by atoms with van der Waals surface area (Å²) in [6, 6.07) is 10.7. The van der Waals surface area contributed by atoms with Gasteiger partial charge in [0.15, 0.2) is 0 Å². The molecule has 0 N–H and O–H groups in total. The molecular weight excluding hydrogens is 180 g/mol. The van der Waals surface area contributed by atoms with Crippen molar-refractivity contribution in [2.75, 3.05) is 0 Å². The molecule has 1 aromatic rings. The zero-order chi connectivity index (χ0) is 11.9. The van der Waals surface area contributed by atoms with E-state index in [4.69, 9.17) is 0 Å². The van der Waals surface area contributed by atoms with Crippen LogP contribution >= 0.6 is 0 Å². The molecule has 0 fully saturated rings. The number of aryl methyl sites for hydroxylation is 1. The average Bonchev–Trinajstić information content (AvgIpc) is 2.36. The van der Waals surface area contributed by atoms with Crippen molar-refractivity contribution in [2.24, 2.45) is 0 Å². The van der Waals surface area contributed by atoms with Gasteiger partial charge in [-0.1, -0.05) is 63.9 Å². The molecule has 0 aliphatic carbocycles. The molecule has 0 spiro atoms. The van der Waals surface area contributed by atoms with Crippen LogP contribution in [0.15, 0.2) is 43.5 Å². The van der Waals surface area contributed by atoms with Crippen molar-refractivity contribution < 1.29 is 0 Å². The molecule has 0 atom stereocenters. The van der Waals surface area contributed by atoms with Gasteiger partial charge in [0.1, 0.15) is 0 Å². The molecule has 0 bridgehead atoms. The Morgan fingerprint density at radius 2 is 1.47 bits per heavy atom. The molecule has 0 aliphatic rings. The third-order valence-electron chi connectivity index (χ3n) is 1.91. The Balaban J connectivity index is 0. The normalized spacial score (nSPS) is 7.93. The largest absolute Gasteiger partial charge is 0.106 e. The first-order valence-electron chi connectivity index (χ1n) is 5.97. The topological polar surface area (TPSA) is 0 Å². The lowest BCUT2D eigenvalue weighted by molar-refractivity contribution is 0.717. The minimum Gasteiger partial charge on any atom is -0.106 e. The highest BCUT2D eigenvalue weighted by molar-refractivity contribution is 5.14. The summed E-state index contributed by atoms with van der Waals surface area (Å²) >= 11 is 0. The molecule has 0 aromatic heterocycles. The lowest BCUT2D eigenvalue weighted by Gasteiger charge is -1.98. The van der Waals surface area contributed by atoms with E-state index in [0.717, 1.165) is 0 Å². The van der Waals surface area contributed by atoms with Gasteiger partial charge in [0.25, 0.3) is 0 Å². The van der Waals surface area contributed by atoms with Gasteiger partial charge >= 0.3 is 0 Å². The molecular formula is C15H26. The van der Waals surface area contributed by atoms with Crippen LogP contribution in [-0.2, 0) is 6.42 Å². The number of rotatable bonds is 4. The van der Waals surface area contributed by atoms with E-state index in [-0.39, 0.29) is 0 Å². The highest BCUT2D eigenvalue weighted by Gasteiger charge is 1.89. The van der Waals surface area contributed by atoms with Gasteiger partial charge in [0, 0.05) is 0 Å². The summed E-state index contributed by atoms with van der Waals surface area (Å²) in [6.07, 6.45) is 5.25. The summed E-state index contributed by atoms with van der Waals surface area (Å²) < 4.78 is 0. The summed E-state index contributed by atoms with van der Waals surface area (Å²) in [5, 5.41) is 0. The maximum Gasteiger partial charge on any atom is -0.0279 e. The molecule has 0 saturated heterocycles. The van der Waals surface area contributed by atoms with Crippen LogP contribution in [0.2, 0.25) is 0 Å². The first-order chi connectivity index (χ1) is 7.43. The summed E-state index contributed by atoms with van der Waals surface area (Å²) in [5.74, 6) is 0. The minimum atomic E-state index is 1.24. The van der Waals surface area contributed by atoms with Gasteiger partial charge in [-0.05, 0) is 18.4 Å². The Morgan fingerprint density at radius 1 is 0.933 bits per heavy atom. The van der Waals surface area contributed by atoms with Gasteiger partial charge in [-0.3, -0.25) is 0 Å². The van der Waals surface area contributed by atoms with Crippen LogP contribution in [0.3, 0.4) is 0 Å². The Bertz CT molecular complexity index is 188. The fraction of sp³-hybridized carbons (Fsp3) is 0.467. The Morgan fingerprint density at radius 3 is 1.93 bits per heavy atom. The first kappa shape index (κ1) is 16.4. The van der Waals surface area contributed by atoms with Gasteiger partial charge in [0.2, 0.25) is 0 Å². The van der Waals surface area contributed by atoms with Crippen molar-refractivity contribution in [3.63, 3.8) is 0 Å². The molecule has 86 valence electrons. The van der Waals surface area contributed by atoms with E-state index in [1.165, 1.54) is 31.2 Å². The summed E-state index contributed by atoms with van der Waals surface area (Å²) in [7, 11) is 0. The van der Waals surface area contributed by atoms with E-state index in [2.05, 4.69) is 50.4 Å². The van der Waals surface area contributed by atoms with E-state index in [9.17, 15) is 0 Å². The Labute approximate surface area is 96.0 Å². The maximum atomic E-state index is 3.00. The average molecular weight is 206 g/mol. The maximum absolute atomic E-state index is 3.00. The van der Waals surface area contributed by atoms with Crippen LogP contribution in [-0.4, -0.2) is 0 Å². The molecule has 0 heteroatoms. The number of unbranched alkanes of at least 4 members (excludes halogenated alkanes) is 2. The van der Waals surface area contributed by atoms with Crippen LogP contribution in [0.25, 0.3) is 0 Å². The van der Waals surface area contributed by atoms with Crippen molar-refractivity contribution in [3.05, 3.63) is 49.1 Å². The lowest BCUT2D eigenvalue weighted by Crippen LogP contribution is -1.83. The van der Waals surface area contributed by atoms with Gasteiger partial charge < -0.3 is 0 Å². The smallest absolute Gasteiger partial charge is 0.0279 e. The van der Waals surface area contributed by atoms with Crippen molar-refractivity contribution in [1.29, 1.82) is 0 Å². The van der Waals surface area contributed by atoms with E-state index in [1.807, 2.05) is 13.8 Å². The summed E-state index contributed by atoms with van der Waals surface area (Å²) in [4.78, 5) is 0. The second-order valence-electron chi connectivity index (χ2n) is 2.94. The van der Waals surface area contributed by atoms with Crippen LogP contribution in [0, 0.1) is 0 Å². The second-order valence-corrected chi connectivity index (χ2v) is 2.94. The molecule has 0 amide bonds. The van der Waals surface area contributed by atoms with Gasteiger partial charge in [-0.15, -0.1) is 13.2 Å². The zero-order valence-electron chi connectivity index (χ0n) is 10.6. The fourth-order valence-electron chi connectivity index (χ4n) is 1.22. The molecule has 0 heterocycles. The molecule has 0 unspecified atom stereocenters. The van der Waals surface area contributed by atoms with Crippen LogP contribution < -0.4 is 0 Å². The summed E-state index contributed by atoms with van der Waals surface area (Å²) in [5.41, 5.74) is 1.47. The predicted octanol–water partition coefficient (Wildman–Crippen LogP) is 5.25. The highest BCUT2D eigenvalue weighted by Crippen LogP contribution is 2.05. The zero-order valence-corrected chi connectivity index (χ0v) is 10.6. The standard InChI is InChI=1S/C11H16.C2H6.C2H4/c1-2-3-5-8-11-9-6-4-7-10-11;2*1-2/h4,6-7,9-10H,2-3,5,8H2,1H3;1-2H3;1-2H2.